The Balaban J connectivity index is 3.25. The second-order valence-corrected chi connectivity index (χ2v) is 2.65. The highest BCUT2D eigenvalue weighted by atomic mass is 16.4. The van der Waals surface area contributed by atoms with Crippen LogP contribution >= 0.6 is 0 Å². The van der Waals surface area contributed by atoms with Gasteiger partial charge in [0.15, 0.2) is 0 Å². The molecule has 1 amide bonds. The Morgan fingerprint density at radius 3 is 2.38 bits per heavy atom. The Morgan fingerprint density at radius 2 is 1.85 bits per heavy atom. The van der Waals surface area contributed by atoms with Gasteiger partial charge in [0.05, 0.1) is 6.61 Å². The standard InChI is InChI=1S/C8H14NO4/c10-6-2-5-9-7(11)3-1-4-8(12)13/h1-6H2,(H,9,11)(H,12,13). The van der Waals surface area contributed by atoms with Crippen molar-refractivity contribution in [2.24, 2.45) is 0 Å². The molecule has 1 radical (unpaired) electrons. The molecule has 0 bridgehead atoms. The van der Waals surface area contributed by atoms with E-state index in [-0.39, 0.29) is 25.4 Å². The molecule has 13 heavy (non-hydrogen) atoms. The summed E-state index contributed by atoms with van der Waals surface area (Å²) >= 11 is 0. The van der Waals surface area contributed by atoms with Gasteiger partial charge in [0.1, 0.15) is 0 Å². The van der Waals surface area contributed by atoms with Gasteiger partial charge in [-0.2, -0.15) is 0 Å². The average molecular weight is 188 g/mol. The van der Waals surface area contributed by atoms with E-state index in [1.807, 2.05) is 0 Å². The molecule has 0 aliphatic rings. The van der Waals surface area contributed by atoms with Gasteiger partial charge in [-0.15, -0.1) is 0 Å². The Bertz CT molecular complexity index is 170. The molecule has 0 atom stereocenters. The summed E-state index contributed by atoms with van der Waals surface area (Å²) in [4.78, 5) is 21.0. The zero-order chi connectivity index (χ0) is 10.1. The van der Waals surface area contributed by atoms with Crippen LogP contribution in [0.2, 0.25) is 0 Å². The van der Waals surface area contributed by atoms with Crippen molar-refractivity contribution in [1.29, 1.82) is 0 Å². The van der Waals surface area contributed by atoms with Crippen molar-refractivity contribution in [3.05, 3.63) is 0 Å². The molecule has 2 N–H and O–H groups in total. The molecule has 0 aliphatic heterocycles. The van der Waals surface area contributed by atoms with Crippen LogP contribution in [0.25, 0.3) is 0 Å². The number of hydrogen-bond acceptors (Lipinski definition) is 2. The third kappa shape index (κ3) is 8.81. The fourth-order valence-corrected chi connectivity index (χ4v) is 0.789. The number of carboxylic acids is 1. The maximum absolute atomic E-state index is 10.9. The van der Waals surface area contributed by atoms with Crippen LogP contribution in [0, 0.1) is 0 Å². The summed E-state index contributed by atoms with van der Waals surface area (Å²) in [6, 6.07) is 0. The molecule has 5 heteroatoms. The molecule has 0 aromatic rings. The Labute approximate surface area is 76.8 Å². The van der Waals surface area contributed by atoms with Gasteiger partial charge < -0.3 is 10.4 Å². The molecule has 0 unspecified atom stereocenters. The molecule has 0 aromatic heterocycles. The second kappa shape index (κ2) is 7.54. The Kier molecular flexibility index (Phi) is 6.91. The Morgan fingerprint density at radius 1 is 1.15 bits per heavy atom. The lowest BCUT2D eigenvalue weighted by Gasteiger charge is -2.01. The van der Waals surface area contributed by atoms with Crippen LogP contribution < -0.4 is 5.32 Å². The summed E-state index contributed by atoms with van der Waals surface area (Å²) in [5.41, 5.74) is 0. The van der Waals surface area contributed by atoms with E-state index in [1.54, 1.807) is 0 Å². The van der Waals surface area contributed by atoms with E-state index in [9.17, 15) is 14.7 Å². The minimum Gasteiger partial charge on any atom is -0.481 e. The number of nitrogens with one attached hydrogen (secondary N) is 1. The molecular formula is C8H14NO4. The van der Waals surface area contributed by atoms with Gasteiger partial charge in [0.25, 0.3) is 0 Å². The molecule has 5 nitrogen and oxygen atoms in total. The topological polar surface area (TPSA) is 86.3 Å². The minimum absolute atomic E-state index is 0.00890. The first-order valence-electron chi connectivity index (χ1n) is 4.23. The fraction of sp³-hybridized carbons (Fsp3) is 0.750. The predicted molar refractivity (Wildman–Crippen MR) is 44.7 cm³/mol. The largest absolute Gasteiger partial charge is 0.481 e. The van der Waals surface area contributed by atoms with Crippen molar-refractivity contribution < 1.29 is 19.8 Å². The van der Waals surface area contributed by atoms with Crippen LogP contribution in [0.5, 0.6) is 0 Å². The van der Waals surface area contributed by atoms with Crippen LogP contribution in [0.1, 0.15) is 25.7 Å². The highest BCUT2D eigenvalue weighted by Crippen LogP contribution is 1.94. The lowest BCUT2D eigenvalue weighted by Crippen LogP contribution is -2.24. The number of carbonyl (C=O) groups is 2. The fourth-order valence-electron chi connectivity index (χ4n) is 0.789. The zero-order valence-electron chi connectivity index (χ0n) is 7.41. The molecule has 0 spiro atoms. The van der Waals surface area contributed by atoms with Crippen molar-refractivity contribution in [2.45, 2.75) is 25.7 Å². The molecule has 0 heterocycles. The summed E-state index contributed by atoms with van der Waals surface area (Å²) in [6.45, 7) is 0.185. The second-order valence-electron chi connectivity index (χ2n) is 2.65. The van der Waals surface area contributed by atoms with Gasteiger partial charge in [-0.3, -0.25) is 9.59 Å². The van der Waals surface area contributed by atoms with E-state index in [0.29, 0.717) is 19.4 Å². The van der Waals surface area contributed by atoms with E-state index in [4.69, 9.17) is 5.11 Å². The molecular weight excluding hydrogens is 174 g/mol. The number of rotatable bonds is 7. The van der Waals surface area contributed by atoms with Gasteiger partial charge in [-0.05, 0) is 12.8 Å². The lowest BCUT2D eigenvalue weighted by molar-refractivity contribution is -0.137. The van der Waals surface area contributed by atoms with Crippen LogP contribution in [0.4, 0.5) is 0 Å². The molecule has 0 aliphatic carbocycles. The van der Waals surface area contributed by atoms with Crippen molar-refractivity contribution in [2.75, 3.05) is 13.2 Å². The van der Waals surface area contributed by atoms with Gasteiger partial charge in [-0.1, -0.05) is 0 Å². The minimum atomic E-state index is -0.896. The zero-order valence-corrected chi connectivity index (χ0v) is 7.41. The van der Waals surface area contributed by atoms with Gasteiger partial charge in [0.2, 0.25) is 5.91 Å². The van der Waals surface area contributed by atoms with Crippen molar-refractivity contribution in [1.82, 2.24) is 5.32 Å². The molecule has 0 saturated heterocycles. The third-order valence-corrected chi connectivity index (χ3v) is 1.44. The third-order valence-electron chi connectivity index (χ3n) is 1.44. The summed E-state index contributed by atoms with van der Waals surface area (Å²) < 4.78 is 0. The number of carbonyl (C=O) groups excluding carboxylic acids is 1. The molecule has 0 rings (SSSR count). The summed E-state index contributed by atoms with van der Waals surface area (Å²) in [5, 5.41) is 20.8. The van der Waals surface area contributed by atoms with Crippen molar-refractivity contribution >= 4 is 11.9 Å². The van der Waals surface area contributed by atoms with Crippen LogP contribution in [0.15, 0.2) is 0 Å². The normalized spacial score (nSPS) is 9.62. The first-order chi connectivity index (χ1) is 6.16. The first kappa shape index (κ1) is 11.9. The van der Waals surface area contributed by atoms with Gasteiger partial charge in [-0.25, -0.2) is 5.11 Å². The smallest absolute Gasteiger partial charge is 0.303 e. The van der Waals surface area contributed by atoms with E-state index in [0.717, 1.165) is 0 Å². The van der Waals surface area contributed by atoms with E-state index < -0.39 is 5.97 Å². The van der Waals surface area contributed by atoms with Crippen molar-refractivity contribution in [3.63, 3.8) is 0 Å². The quantitative estimate of drug-likeness (QED) is 0.558. The molecule has 0 aromatic carbocycles. The predicted octanol–water partition coefficient (Wildman–Crippen LogP) is 0.178. The van der Waals surface area contributed by atoms with Crippen LogP contribution in [-0.2, 0) is 14.7 Å². The lowest BCUT2D eigenvalue weighted by atomic mass is 10.2. The van der Waals surface area contributed by atoms with E-state index in [1.165, 1.54) is 0 Å². The first-order valence-corrected chi connectivity index (χ1v) is 4.23. The van der Waals surface area contributed by atoms with Crippen molar-refractivity contribution in [3.8, 4) is 0 Å². The van der Waals surface area contributed by atoms with Crippen LogP contribution in [0.3, 0.4) is 0 Å². The summed E-state index contributed by atoms with van der Waals surface area (Å²) in [6.07, 6.45) is 0.989. The number of hydrogen-bond donors (Lipinski definition) is 2. The monoisotopic (exact) mass is 188 g/mol. The van der Waals surface area contributed by atoms with E-state index in [2.05, 4.69) is 5.32 Å². The number of aliphatic carboxylic acids is 1. The van der Waals surface area contributed by atoms with Gasteiger partial charge in [0, 0.05) is 19.4 Å². The summed E-state index contributed by atoms with van der Waals surface area (Å²) in [7, 11) is 0. The SMILES string of the molecule is [O]CCCNC(=O)CCCC(=O)O. The maximum atomic E-state index is 10.9. The van der Waals surface area contributed by atoms with Gasteiger partial charge >= 0.3 is 5.97 Å². The summed E-state index contributed by atoms with van der Waals surface area (Å²) in [5.74, 6) is -1.08. The number of carboxylic acid groups (broad SMARTS) is 1. The molecule has 0 fully saturated rings. The molecule has 75 valence electrons. The van der Waals surface area contributed by atoms with Crippen LogP contribution in [-0.4, -0.2) is 30.1 Å². The number of amides is 1. The molecule has 0 saturated carbocycles. The average Bonchev–Trinajstić information content (AvgIpc) is 2.04. The van der Waals surface area contributed by atoms with E-state index >= 15 is 0 Å². The highest BCUT2D eigenvalue weighted by molar-refractivity contribution is 5.76. The maximum Gasteiger partial charge on any atom is 0.303 e. The Hall–Kier alpha value is -1.10. The highest BCUT2D eigenvalue weighted by Gasteiger charge is 2.02.